The van der Waals surface area contributed by atoms with E-state index in [4.69, 9.17) is 28.6 Å². The van der Waals surface area contributed by atoms with Gasteiger partial charge in [-0.3, -0.25) is 4.79 Å². The van der Waals surface area contributed by atoms with Crippen LogP contribution in [0.2, 0.25) is 5.02 Å². The minimum Gasteiger partial charge on any atom is -0.495 e. The van der Waals surface area contributed by atoms with Crippen LogP contribution in [-0.4, -0.2) is 18.1 Å². The molecule has 27 heavy (non-hydrogen) atoms. The van der Waals surface area contributed by atoms with Crippen molar-refractivity contribution in [3.05, 3.63) is 71.1 Å². The number of carbonyl (C=O) groups excluding carboxylic acids is 1. The number of methoxy groups -OCH3 is 1. The molecule has 140 valence electrons. The van der Waals surface area contributed by atoms with Gasteiger partial charge in [0.05, 0.1) is 18.8 Å². The van der Waals surface area contributed by atoms with Gasteiger partial charge in [0.1, 0.15) is 17.5 Å². The van der Waals surface area contributed by atoms with E-state index >= 15 is 0 Å². The highest BCUT2D eigenvalue weighted by atomic mass is 35.5. The van der Waals surface area contributed by atoms with Gasteiger partial charge in [0.25, 0.3) is 0 Å². The van der Waals surface area contributed by atoms with Gasteiger partial charge < -0.3 is 20.7 Å². The number of anilines is 1. The average molecular weight is 406 g/mol. The van der Waals surface area contributed by atoms with E-state index in [9.17, 15) is 9.18 Å². The summed E-state index contributed by atoms with van der Waals surface area (Å²) in [5, 5.41) is 9.57. The molecule has 1 amide bonds. The zero-order chi connectivity index (χ0) is 19.6. The molecule has 1 fully saturated rings. The summed E-state index contributed by atoms with van der Waals surface area (Å²) < 4.78 is 18.6. The Kier molecular flexibility index (Phi) is 5.62. The number of thiocarbonyl (C=S) groups is 1. The van der Waals surface area contributed by atoms with E-state index < -0.39 is 12.0 Å². The summed E-state index contributed by atoms with van der Waals surface area (Å²) in [4.78, 5) is 13.0. The monoisotopic (exact) mass is 405 g/mol. The topological polar surface area (TPSA) is 62.4 Å². The molecule has 0 spiro atoms. The highest BCUT2D eigenvalue weighted by Gasteiger charge is 2.36. The molecule has 2 aromatic rings. The largest absolute Gasteiger partial charge is 0.495 e. The van der Waals surface area contributed by atoms with Crippen LogP contribution in [0.1, 0.15) is 11.6 Å². The Labute approximate surface area is 166 Å². The van der Waals surface area contributed by atoms with Gasteiger partial charge in [0.15, 0.2) is 5.11 Å². The Morgan fingerprint density at radius 3 is 2.67 bits per heavy atom. The lowest BCUT2D eigenvalue weighted by atomic mass is 9.88. The number of benzene rings is 2. The van der Waals surface area contributed by atoms with Gasteiger partial charge in [0, 0.05) is 10.7 Å². The van der Waals surface area contributed by atoms with Crippen LogP contribution in [0.3, 0.4) is 0 Å². The molecule has 0 saturated carbocycles. The molecule has 0 bridgehead atoms. The van der Waals surface area contributed by atoms with Gasteiger partial charge in [-0.2, -0.15) is 0 Å². The number of rotatable bonds is 4. The summed E-state index contributed by atoms with van der Waals surface area (Å²) in [6.45, 7) is 3.93. The van der Waals surface area contributed by atoms with Crippen molar-refractivity contribution in [2.45, 2.75) is 6.04 Å². The summed E-state index contributed by atoms with van der Waals surface area (Å²) in [6.07, 6.45) is 0. The Morgan fingerprint density at radius 1 is 1.30 bits per heavy atom. The number of carbonyl (C=O) groups is 1. The van der Waals surface area contributed by atoms with Crippen LogP contribution in [0.4, 0.5) is 10.1 Å². The lowest BCUT2D eigenvalue weighted by molar-refractivity contribution is -0.119. The number of halogens is 2. The summed E-state index contributed by atoms with van der Waals surface area (Å²) in [5.41, 5.74) is 1.58. The van der Waals surface area contributed by atoms with Crippen LogP contribution in [0, 0.1) is 11.7 Å². The molecule has 2 aromatic carbocycles. The van der Waals surface area contributed by atoms with E-state index in [2.05, 4.69) is 22.5 Å². The van der Waals surface area contributed by atoms with Gasteiger partial charge in [-0.1, -0.05) is 30.3 Å². The maximum absolute atomic E-state index is 13.3. The van der Waals surface area contributed by atoms with Crippen molar-refractivity contribution in [3.63, 3.8) is 0 Å². The van der Waals surface area contributed by atoms with E-state index in [-0.39, 0.29) is 11.7 Å². The second kappa shape index (κ2) is 7.94. The molecular formula is C19H17ClFN3O2S. The molecule has 1 aliphatic heterocycles. The van der Waals surface area contributed by atoms with Gasteiger partial charge in [-0.05, 0) is 48.1 Å². The SMILES string of the molecule is C=C1NC(=S)N[C@@H](c2ccc(F)cc2)[C@@H]1C(=O)Nc1cc(Cl)ccc1OC. The van der Waals surface area contributed by atoms with E-state index in [1.165, 1.54) is 19.2 Å². The Bertz CT molecular complexity index is 904. The quantitative estimate of drug-likeness (QED) is 0.676. The maximum Gasteiger partial charge on any atom is 0.235 e. The van der Waals surface area contributed by atoms with Crippen molar-refractivity contribution < 1.29 is 13.9 Å². The second-order valence-electron chi connectivity index (χ2n) is 5.96. The minimum absolute atomic E-state index is 0.336. The highest BCUT2D eigenvalue weighted by molar-refractivity contribution is 7.80. The molecule has 5 nitrogen and oxygen atoms in total. The third kappa shape index (κ3) is 4.20. The van der Waals surface area contributed by atoms with Gasteiger partial charge in [-0.25, -0.2) is 4.39 Å². The Balaban J connectivity index is 1.92. The molecule has 1 heterocycles. The molecule has 1 aliphatic rings. The van der Waals surface area contributed by atoms with Crippen molar-refractivity contribution in [1.82, 2.24) is 10.6 Å². The molecule has 3 N–H and O–H groups in total. The van der Waals surface area contributed by atoms with E-state index in [0.29, 0.717) is 32.8 Å². The first-order valence-electron chi connectivity index (χ1n) is 8.05. The van der Waals surface area contributed by atoms with Crippen molar-refractivity contribution in [2.24, 2.45) is 5.92 Å². The predicted octanol–water partition coefficient (Wildman–Crippen LogP) is 3.78. The molecule has 0 unspecified atom stereocenters. The summed E-state index contributed by atoms with van der Waals surface area (Å²) in [5.74, 6) is -0.925. The molecule has 8 heteroatoms. The van der Waals surface area contributed by atoms with E-state index in [1.807, 2.05) is 0 Å². The normalized spacial score (nSPS) is 19.1. The summed E-state index contributed by atoms with van der Waals surface area (Å²) in [6, 6.07) is 10.3. The molecule has 0 aliphatic carbocycles. The number of amides is 1. The van der Waals surface area contributed by atoms with Crippen LogP contribution in [0.25, 0.3) is 0 Å². The van der Waals surface area contributed by atoms with E-state index in [0.717, 1.165) is 0 Å². The fourth-order valence-electron chi connectivity index (χ4n) is 2.93. The van der Waals surface area contributed by atoms with Crippen molar-refractivity contribution >= 4 is 40.5 Å². The third-order valence-electron chi connectivity index (χ3n) is 4.20. The standard InChI is InChI=1S/C19H17ClFN3O2S/c1-10-16(18(25)23-14-9-12(20)5-8-15(14)26-2)17(24-19(27)22-10)11-3-6-13(21)7-4-11/h3-9,16-17H,1H2,2H3,(H,23,25)(H2,22,24,27)/t16-,17+/m1/s1. The fourth-order valence-corrected chi connectivity index (χ4v) is 3.36. The van der Waals surface area contributed by atoms with Crippen LogP contribution in [-0.2, 0) is 4.79 Å². The molecular weight excluding hydrogens is 389 g/mol. The van der Waals surface area contributed by atoms with Crippen LogP contribution in [0.15, 0.2) is 54.7 Å². The number of nitrogens with one attached hydrogen (secondary N) is 3. The van der Waals surface area contributed by atoms with Crippen molar-refractivity contribution in [3.8, 4) is 5.75 Å². The fraction of sp³-hybridized carbons (Fsp3) is 0.158. The number of hydrogen-bond donors (Lipinski definition) is 3. The summed E-state index contributed by atoms with van der Waals surface area (Å²) >= 11 is 11.2. The smallest absolute Gasteiger partial charge is 0.235 e. The van der Waals surface area contributed by atoms with Crippen LogP contribution < -0.4 is 20.7 Å². The van der Waals surface area contributed by atoms with Crippen molar-refractivity contribution in [1.29, 1.82) is 0 Å². The van der Waals surface area contributed by atoms with E-state index in [1.54, 1.807) is 30.3 Å². The lowest BCUT2D eigenvalue weighted by Crippen LogP contribution is -2.51. The third-order valence-corrected chi connectivity index (χ3v) is 4.66. The Hall–Kier alpha value is -2.64. The van der Waals surface area contributed by atoms with Gasteiger partial charge >= 0.3 is 0 Å². The van der Waals surface area contributed by atoms with Crippen molar-refractivity contribution in [2.75, 3.05) is 12.4 Å². The number of ether oxygens (including phenoxy) is 1. The first-order valence-corrected chi connectivity index (χ1v) is 8.84. The van der Waals surface area contributed by atoms with Gasteiger partial charge in [0.2, 0.25) is 5.91 Å². The average Bonchev–Trinajstić information content (AvgIpc) is 2.61. The molecule has 3 rings (SSSR count). The predicted molar refractivity (Wildman–Crippen MR) is 107 cm³/mol. The maximum atomic E-state index is 13.3. The number of hydrogen-bond acceptors (Lipinski definition) is 3. The molecule has 1 saturated heterocycles. The first-order chi connectivity index (χ1) is 12.9. The Morgan fingerprint density at radius 2 is 2.00 bits per heavy atom. The molecule has 0 aromatic heterocycles. The van der Waals surface area contributed by atoms with Crippen LogP contribution in [0.5, 0.6) is 5.75 Å². The van der Waals surface area contributed by atoms with Crippen LogP contribution >= 0.6 is 23.8 Å². The molecule has 0 radical (unpaired) electrons. The zero-order valence-corrected chi connectivity index (χ0v) is 16.0. The second-order valence-corrected chi connectivity index (χ2v) is 6.81. The first kappa shape index (κ1) is 19.1. The summed E-state index contributed by atoms with van der Waals surface area (Å²) in [7, 11) is 1.50. The van der Waals surface area contributed by atoms with Gasteiger partial charge in [-0.15, -0.1) is 0 Å². The minimum atomic E-state index is -0.703. The zero-order valence-electron chi connectivity index (χ0n) is 14.4. The lowest BCUT2D eigenvalue weighted by Gasteiger charge is -2.35. The molecule has 2 atom stereocenters. The highest BCUT2D eigenvalue weighted by Crippen LogP contribution is 2.33.